The number of piperazine rings is 1. The van der Waals surface area contributed by atoms with Gasteiger partial charge >= 0.3 is 6.18 Å². The Morgan fingerprint density at radius 2 is 1.52 bits per heavy atom. The molecule has 1 aromatic rings. The molecule has 1 aliphatic heterocycles. The maximum absolute atomic E-state index is 12.7. The molecule has 1 aromatic carbocycles. The minimum Gasteiger partial charge on any atom is -0.340 e. The van der Waals surface area contributed by atoms with Gasteiger partial charge in [-0.2, -0.15) is 28.0 Å². The van der Waals surface area contributed by atoms with Crippen molar-refractivity contribution in [2.24, 2.45) is 0 Å². The SMILES string of the molecule is N#CCCN(CCC#N)C(=O)CN1CCN(S(=O)(=O)c2ccc(C(F)(F)F)cc2)CC1. The number of carbonyl (C=O) groups is 1. The van der Waals surface area contributed by atoms with Crippen LogP contribution in [0.2, 0.25) is 0 Å². The molecule has 1 aliphatic rings. The molecule has 0 saturated carbocycles. The van der Waals surface area contributed by atoms with Crippen LogP contribution in [-0.2, 0) is 21.0 Å². The number of rotatable bonds is 8. The highest BCUT2D eigenvalue weighted by molar-refractivity contribution is 7.89. The quantitative estimate of drug-likeness (QED) is 0.588. The highest BCUT2D eigenvalue weighted by Gasteiger charge is 2.33. The second kappa shape index (κ2) is 10.6. The fourth-order valence-corrected chi connectivity index (χ4v) is 4.54. The van der Waals surface area contributed by atoms with E-state index in [4.69, 9.17) is 10.5 Å². The van der Waals surface area contributed by atoms with Crippen LogP contribution in [0.4, 0.5) is 13.2 Å². The Morgan fingerprint density at radius 3 is 1.97 bits per heavy atom. The lowest BCUT2D eigenvalue weighted by atomic mass is 10.2. The van der Waals surface area contributed by atoms with Crippen molar-refractivity contribution in [1.29, 1.82) is 10.5 Å². The molecule has 31 heavy (non-hydrogen) atoms. The fourth-order valence-electron chi connectivity index (χ4n) is 3.12. The number of hydrogen-bond donors (Lipinski definition) is 0. The maximum Gasteiger partial charge on any atom is 0.416 e. The second-order valence-corrected chi connectivity index (χ2v) is 8.84. The van der Waals surface area contributed by atoms with Gasteiger partial charge in [-0.3, -0.25) is 9.69 Å². The largest absolute Gasteiger partial charge is 0.416 e. The molecule has 168 valence electrons. The molecular weight excluding hydrogens is 435 g/mol. The van der Waals surface area contributed by atoms with E-state index in [2.05, 4.69) is 0 Å². The Bertz CT molecular complexity index is 926. The summed E-state index contributed by atoms with van der Waals surface area (Å²) in [5, 5.41) is 17.4. The average Bonchev–Trinajstić information content (AvgIpc) is 2.73. The van der Waals surface area contributed by atoms with E-state index in [0.29, 0.717) is 0 Å². The lowest BCUT2D eigenvalue weighted by molar-refractivity contribution is -0.137. The Balaban J connectivity index is 1.96. The molecule has 1 heterocycles. The van der Waals surface area contributed by atoms with Gasteiger partial charge in [-0.1, -0.05) is 0 Å². The van der Waals surface area contributed by atoms with E-state index in [1.54, 1.807) is 4.90 Å². The number of carbonyl (C=O) groups excluding carboxylic acids is 1. The van der Waals surface area contributed by atoms with Crippen molar-refractivity contribution in [2.45, 2.75) is 23.9 Å². The second-order valence-electron chi connectivity index (χ2n) is 6.90. The van der Waals surface area contributed by atoms with Gasteiger partial charge in [0.15, 0.2) is 0 Å². The molecule has 1 amide bonds. The number of alkyl halides is 3. The third-order valence-corrected chi connectivity index (χ3v) is 6.76. The van der Waals surface area contributed by atoms with Crippen LogP contribution in [0.1, 0.15) is 18.4 Å². The molecular formula is C19H22F3N5O3S. The van der Waals surface area contributed by atoms with Gasteiger partial charge in [-0.25, -0.2) is 8.42 Å². The van der Waals surface area contributed by atoms with E-state index >= 15 is 0 Å². The first-order chi connectivity index (χ1) is 14.6. The Hall–Kier alpha value is -2.67. The summed E-state index contributed by atoms with van der Waals surface area (Å²) in [4.78, 5) is 15.5. The summed E-state index contributed by atoms with van der Waals surface area (Å²) in [5.74, 6) is -0.246. The monoisotopic (exact) mass is 457 g/mol. The van der Waals surface area contributed by atoms with Gasteiger partial charge in [0.05, 0.1) is 42.0 Å². The molecule has 2 rings (SSSR count). The summed E-state index contributed by atoms with van der Waals surface area (Å²) in [7, 11) is -3.94. The average molecular weight is 457 g/mol. The van der Waals surface area contributed by atoms with Gasteiger partial charge in [0.1, 0.15) is 0 Å². The lowest BCUT2D eigenvalue weighted by Gasteiger charge is -2.34. The van der Waals surface area contributed by atoms with Crippen molar-refractivity contribution in [2.75, 3.05) is 45.8 Å². The Kier molecular flexibility index (Phi) is 8.39. The molecule has 0 N–H and O–H groups in total. The van der Waals surface area contributed by atoms with Crippen LogP contribution >= 0.6 is 0 Å². The van der Waals surface area contributed by atoms with Gasteiger partial charge < -0.3 is 4.90 Å². The molecule has 12 heteroatoms. The first-order valence-corrected chi connectivity index (χ1v) is 10.9. The fraction of sp³-hybridized carbons (Fsp3) is 0.526. The first kappa shape index (κ1) is 24.6. The summed E-state index contributed by atoms with van der Waals surface area (Å²) in [6.45, 7) is 1.20. The minimum atomic E-state index is -4.55. The van der Waals surface area contributed by atoms with Crippen molar-refractivity contribution in [3.8, 4) is 12.1 Å². The van der Waals surface area contributed by atoms with E-state index in [9.17, 15) is 26.4 Å². The highest BCUT2D eigenvalue weighted by Crippen LogP contribution is 2.30. The lowest BCUT2D eigenvalue weighted by Crippen LogP contribution is -2.51. The predicted octanol–water partition coefficient (Wildman–Crippen LogP) is 1.67. The molecule has 1 fully saturated rings. The van der Waals surface area contributed by atoms with E-state index in [-0.39, 0.29) is 69.5 Å². The zero-order chi connectivity index (χ0) is 23.1. The zero-order valence-electron chi connectivity index (χ0n) is 16.7. The topological polar surface area (TPSA) is 109 Å². The van der Waals surface area contributed by atoms with Crippen LogP contribution in [0.15, 0.2) is 29.2 Å². The zero-order valence-corrected chi connectivity index (χ0v) is 17.5. The summed E-state index contributed by atoms with van der Waals surface area (Å²) >= 11 is 0. The molecule has 0 spiro atoms. The number of nitrogens with zero attached hydrogens (tertiary/aromatic N) is 5. The van der Waals surface area contributed by atoms with Crippen LogP contribution < -0.4 is 0 Å². The Morgan fingerprint density at radius 1 is 1.00 bits per heavy atom. The number of hydrogen-bond acceptors (Lipinski definition) is 6. The standard InChI is InChI=1S/C19H22F3N5O3S/c20-19(21,22)16-3-5-17(6-4-16)31(29,30)27-13-11-25(12-14-27)15-18(28)26(9-1-7-23)10-2-8-24/h3-6H,1-2,9-15H2. The third-order valence-electron chi connectivity index (χ3n) is 4.85. The first-order valence-electron chi connectivity index (χ1n) is 9.51. The molecule has 0 radical (unpaired) electrons. The number of halogens is 3. The van der Waals surface area contributed by atoms with Gasteiger partial charge in [0.2, 0.25) is 15.9 Å². The van der Waals surface area contributed by atoms with E-state index < -0.39 is 21.8 Å². The van der Waals surface area contributed by atoms with Crippen LogP contribution in [-0.4, -0.2) is 74.2 Å². The van der Waals surface area contributed by atoms with E-state index in [1.807, 2.05) is 12.1 Å². The van der Waals surface area contributed by atoms with Crippen LogP contribution in [0.5, 0.6) is 0 Å². The van der Waals surface area contributed by atoms with Gasteiger partial charge in [-0.15, -0.1) is 0 Å². The predicted molar refractivity (Wildman–Crippen MR) is 104 cm³/mol. The van der Waals surface area contributed by atoms with Crippen LogP contribution in [0.3, 0.4) is 0 Å². The highest BCUT2D eigenvalue weighted by atomic mass is 32.2. The van der Waals surface area contributed by atoms with Crippen molar-refractivity contribution in [1.82, 2.24) is 14.1 Å². The van der Waals surface area contributed by atoms with Gasteiger partial charge in [0.25, 0.3) is 0 Å². The summed E-state index contributed by atoms with van der Waals surface area (Å²) < 4.78 is 64.7. The van der Waals surface area contributed by atoms with Crippen LogP contribution in [0.25, 0.3) is 0 Å². The van der Waals surface area contributed by atoms with Crippen molar-refractivity contribution in [3.63, 3.8) is 0 Å². The van der Waals surface area contributed by atoms with Gasteiger partial charge in [-0.05, 0) is 24.3 Å². The summed E-state index contributed by atoms with van der Waals surface area (Å²) in [6.07, 6.45) is -4.25. The van der Waals surface area contributed by atoms with Gasteiger partial charge in [0, 0.05) is 39.3 Å². The molecule has 1 saturated heterocycles. The minimum absolute atomic E-state index is 0.0328. The number of amides is 1. The van der Waals surface area contributed by atoms with Crippen molar-refractivity contribution in [3.05, 3.63) is 29.8 Å². The molecule has 8 nitrogen and oxygen atoms in total. The summed E-state index contributed by atoms with van der Waals surface area (Å²) in [5.41, 5.74) is -0.924. The number of sulfonamides is 1. The smallest absolute Gasteiger partial charge is 0.340 e. The third kappa shape index (κ3) is 6.66. The summed E-state index contributed by atoms with van der Waals surface area (Å²) in [6, 6.07) is 7.26. The number of nitriles is 2. The van der Waals surface area contributed by atoms with E-state index in [0.717, 1.165) is 24.3 Å². The number of benzene rings is 1. The molecule has 0 aliphatic carbocycles. The van der Waals surface area contributed by atoms with Crippen molar-refractivity contribution >= 4 is 15.9 Å². The van der Waals surface area contributed by atoms with Crippen LogP contribution in [0, 0.1) is 22.7 Å². The molecule has 0 unspecified atom stereocenters. The Labute approximate surface area is 179 Å². The molecule has 0 atom stereocenters. The maximum atomic E-state index is 12.7. The molecule has 0 bridgehead atoms. The van der Waals surface area contributed by atoms with Crippen molar-refractivity contribution < 1.29 is 26.4 Å². The normalized spacial score (nSPS) is 15.8. The van der Waals surface area contributed by atoms with E-state index in [1.165, 1.54) is 9.21 Å². The molecule has 0 aromatic heterocycles.